The lowest BCUT2D eigenvalue weighted by atomic mass is 9.78. The number of aliphatic hydroxyl groups excluding tert-OH is 1. The van der Waals surface area contributed by atoms with Crippen molar-refractivity contribution >= 4 is 5.97 Å². The van der Waals surface area contributed by atoms with E-state index in [0.717, 1.165) is 0 Å². The molecule has 0 unspecified atom stereocenters. The van der Waals surface area contributed by atoms with Crippen molar-refractivity contribution in [3.63, 3.8) is 0 Å². The normalized spacial score (nSPS) is 44.6. The number of hydrogen-bond donors (Lipinski definition) is 2. The van der Waals surface area contributed by atoms with Gasteiger partial charge in [0.25, 0.3) is 0 Å². The molecule has 0 bridgehead atoms. The van der Waals surface area contributed by atoms with Crippen molar-refractivity contribution in [3.8, 4) is 0 Å². The van der Waals surface area contributed by atoms with Crippen molar-refractivity contribution in [2.24, 2.45) is 11.8 Å². The summed E-state index contributed by atoms with van der Waals surface area (Å²) in [7, 11) is 1.29. The number of ether oxygens (including phenoxy) is 2. The minimum atomic E-state index is -1.03. The molecule has 0 aromatic rings. The molecule has 0 aromatic heterocycles. The summed E-state index contributed by atoms with van der Waals surface area (Å²) in [5.74, 6) is -1.22. The van der Waals surface area contributed by atoms with Crippen LogP contribution in [0.3, 0.4) is 0 Å². The first-order valence-electron chi connectivity index (χ1n) is 5.72. The molecule has 0 radical (unpaired) electrons. The molecule has 17 heavy (non-hydrogen) atoms. The fraction of sp³-hybridized carbons (Fsp3) is 0.750. The summed E-state index contributed by atoms with van der Waals surface area (Å²) < 4.78 is 10.0. The van der Waals surface area contributed by atoms with Crippen molar-refractivity contribution in [2.45, 2.75) is 38.1 Å². The van der Waals surface area contributed by atoms with Crippen molar-refractivity contribution in [3.05, 3.63) is 11.8 Å². The van der Waals surface area contributed by atoms with E-state index in [-0.39, 0.29) is 18.4 Å². The molecule has 0 amide bonds. The van der Waals surface area contributed by atoms with Crippen LogP contribution in [0.1, 0.15) is 20.3 Å². The number of aliphatic hydroxyl groups is 2. The maximum Gasteiger partial charge on any atom is 0.337 e. The summed E-state index contributed by atoms with van der Waals surface area (Å²) in [4.78, 5) is 11.6. The monoisotopic (exact) mass is 242 g/mol. The molecule has 1 saturated carbocycles. The number of fused-ring (bicyclic) bond motifs is 1. The second kappa shape index (κ2) is 3.99. The molecule has 0 saturated heterocycles. The van der Waals surface area contributed by atoms with Gasteiger partial charge in [-0.05, 0) is 13.8 Å². The standard InChI is InChI=1S/C12H18O5/c1-6-10-9(8(13)4-12(10,2)15)7(5-17-6)11(14)16-3/h5-6,8-10,13,15H,4H2,1-3H3/t6-,8+,9-,10-,12-/m0/s1. The van der Waals surface area contributed by atoms with Gasteiger partial charge in [-0.1, -0.05) is 0 Å². The highest BCUT2D eigenvalue weighted by molar-refractivity contribution is 5.89. The second-order valence-electron chi connectivity index (χ2n) is 5.09. The van der Waals surface area contributed by atoms with E-state index in [0.29, 0.717) is 5.57 Å². The Labute approximate surface area is 100 Å². The number of carbonyl (C=O) groups excluding carboxylic acids is 1. The van der Waals surface area contributed by atoms with Gasteiger partial charge in [0, 0.05) is 18.3 Å². The van der Waals surface area contributed by atoms with Crippen LogP contribution < -0.4 is 0 Å². The maximum absolute atomic E-state index is 11.6. The molecular formula is C12H18O5. The zero-order chi connectivity index (χ0) is 12.8. The zero-order valence-electron chi connectivity index (χ0n) is 10.2. The van der Waals surface area contributed by atoms with Crippen molar-refractivity contribution in [1.82, 2.24) is 0 Å². The lowest BCUT2D eigenvalue weighted by Crippen LogP contribution is -2.43. The summed E-state index contributed by atoms with van der Waals surface area (Å²) in [6.07, 6.45) is 0.611. The Kier molecular flexibility index (Phi) is 2.91. The van der Waals surface area contributed by atoms with Gasteiger partial charge in [-0.2, -0.15) is 0 Å². The van der Waals surface area contributed by atoms with Crippen molar-refractivity contribution < 1.29 is 24.5 Å². The van der Waals surface area contributed by atoms with E-state index in [1.807, 2.05) is 6.92 Å². The molecule has 1 fully saturated rings. The van der Waals surface area contributed by atoms with E-state index in [9.17, 15) is 15.0 Å². The Balaban J connectivity index is 2.38. The topological polar surface area (TPSA) is 76.0 Å². The average Bonchev–Trinajstić information content (AvgIpc) is 2.50. The molecule has 5 heteroatoms. The zero-order valence-corrected chi connectivity index (χ0v) is 10.2. The van der Waals surface area contributed by atoms with Crippen LogP contribution in [0.4, 0.5) is 0 Å². The van der Waals surface area contributed by atoms with Crippen LogP contribution in [-0.4, -0.2) is 41.1 Å². The molecule has 5 atom stereocenters. The fourth-order valence-electron chi connectivity index (χ4n) is 3.16. The quantitative estimate of drug-likeness (QED) is 0.643. The van der Waals surface area contributed by atoms with Crippen LogP contribution in [0, 0.1) is 11.8 Å². The first-order valence-corrected chi connectivity index (χ1v) is 5.72. The molecule has 0 aromatic carbocycles. The molecule has 1 aliphatic heterocycles. The van der Waals surface area contributed by atoms with Gasteiger partial charge in [0.05, 0.1) is 30.6 Å². The van der Waals surface area contributed by atoms with E-state index in [1.54, 1.807) is 6.92 Å². The van der Waals surface area contributed by atoms with Gasteiger partial charge in [-0.3, -0.25) is 0 Å². The lowest BCUT2D eigenvalue weighted by molar-refractivity contribution is -0.139. The lowest BCUT2D eigenvalue weighted by Gasteiger charge is -2.37. The summed E-state index contributed by atoms with van der Waals surface area (Å²) >= 11 is 0. The van der Waals surface area contributed by atoms with Crippen LogP contribution in [0.2, 0.25) is 0 Å². The largest absolute Gasteiger partial charge is 0.497 e. The van der Waals surface area contributed by atoms with Crippen molar-refractivity contribution in [1.29, 1.82) is 0 Å². The van der Waals surface area contributed by atoms with E-state index in [4.69, 9.17) is 4.74 Å². The van der Waals surface area contributed by atoms with Crippen LogP contribution in [0.5, 0.6) is 0 Å². The van der Waals surface area contributed by atoms with Gasteiger partial charge in [0.15, 0.2) is 0 Å². The number of hydrogen-bond acceptors (Lipinski definition) is 5. The molecule has 1 heterocycles. The Bertz CT molecular complexity index is 360. The maximum atomic E-state index is 11.6. The van der Waals surface area contributed by atoms with E-state index in [2.05, 4.69) is 4.74 Å². The molecule has 2 rings (SSSR count). The molecule has 2 N–H and O–H groups in total. The summed E-state index contributed by atoms with van der Waals surface area (Å²) in [5.41, 5.74) is -0.724. The summed E-state index contributed by atoms with van der Waals surface area (Å²) in [6.45, 7) is 3.50. The van der Waals surface area contributed by atoms with Gasteiger partial charge in [-0.15, -0.1) is 0 Å². The van der Waals surface area contributed by atoms with Crippen LogP contribution in [-0.2, 0) is 14.3 Å². The highest BCUT2D eigenvalue weighted by Crippen LogP contribution is 2.48. The van der Waals surface area contributed by atoms with E-state index >= 15 is 0 Å². The number of esters is 1. The Morgan fingerprint density at radius 3 is 2.88 bits per heavy atom. The highest BCUT2D eigenvalue weighted by Gasteiger charge is 2.56. The van der Waals surface area contributed by atoms with Gasteiger partial charge in [0.1, 0.15) is 6.10 Å². The van der Waals surface area contributed by atoms with Crippen LogP contribution >= 0.6 is 0 Å². The van der Waals surface area contributed by atoms with Crippen LogP contribution in [0.15, 0.2) is 11.8 Å². The average molecular weight is 242 g/mol. The SMILES string of the molecule is COC(=O)C1=CO[C@@H](C)[C@H]2[C@@H]1[C@H](O)C[C@]2(C)O. The highest BCUT2D eigenvalue weighted by atomic mass is 16.5. The molecule has 96 valence electrons. The first-order chi connectivity index (χ1) is 7.88. The third-order valence-electron chi connectivity index (χ3n) is 3.84. The molecule has 2 aliphatic rings. The van der Waals surface area contributed by atoms with E-state index in [1.165, 1.54) is 13.4 Å². The third-order valence-corrected chi connectivity index (χ3v) is 3.84. The molecule has 5 nitrogen and oxygen atoms in total. The predicted molar refractivity (Wildman–Crippen MR) is 58.9 cm³/mol. The Morgan fingerprint density at radius 2 is 2.29 bits per heavy atom. The number of rotatable bonds is 1. The Morgan fingerprint density at radius 1 is 1.65 bits per heavy atom. The minimum absolute atomic E-state index is 0.236. The van der Waals surface area contributed by atoms with Gasteiger partial charge in [0.2, 0.25) is 0 Å². The summed E-state index contributed by atoms with van der Waals surface area (Å²) in [6, 6.07) is 0. The molecular weight excluding hydrogens is 224 g/mol. The number of carbonyl (C=O) groups is 1. The fourth-order valence-corrected chi connectivity index (χ4v) is 3.16. The molecule has 1 aliphatic carbocycles. The minimum Gasteiger partial charge on any atom is -0.497 e. The first kappa shape index (κ1) is 12.4. The second-order valence-corrected chi connectivity index (χ2v) is 5.09. The van der Waals surface area contributed by atoms with Crippen molar-refractivity contribution in [2.75, 3.05) is 7.11 Å². The Hall–Kier alpha value is -1.07. The van der Waals surface area contributed by atoms with E-state index < -0.39 is 23.6 Å². The van der Waals surface area contributed by atoms with Gasteiger partial charge >= 0.3 is 5.97 Å². The van der Waals surface area contributed by atoms with Crippen LogP contribution in [0.25, 0.3) is 0 Å². The predicted octanol–water partition coefficient (Wildman–Crippen LogP) is 0.210. The van der Waals surface area contributed by atoms with Gasteiger partial charge in [-0.25, -0.2) is 4.79 Å². The smallest absolute Gasteiger partial charge is 0.337 e. The third kappa shape index (κ3) is 1.83. The number of methoxy groups -OCH3 is 1. The van der Waals surface area contributed by atoms with Gasteiger partial charge < -0.3 is 19.7 Å². The molecule has 0 spiro atoms. The summed E-state index contributed by atoms with van der Waals surface area (Å²) in [5, 5.41) is 20.3.